The van der Waals surface area contributed by atoms with Gasteiger partial charge in [0, 0.05) is 6.04 Å². The second-order valence-corrected chi connectivity index (χ2v) is 17.0. The Bertz CT molecular complexity index is 981. The average Bonchev–Trinajstić information content (AvgIpc) is 3.29. The van der Waals surface area contributed by atoms with Gasteiger partial charge in [0.2, 0.25) is 0 Å². The summed E-state index contributed by atoms with van der Waals surface area (Å²) in [5.41, 5.74) is 6.13. The van der Waals surface area contributed by atoms with Gasteiger partial charge in [0.1, 0.15) is 0 Å². The predicted octanol–water partition coefficient (Wildman–Crippen LogP) is 5.55. The van der Waals surface area contributed by atoms with E-state index in [1.165, 1.54) is 44.9 Å². The average molecular weight is 628 g/mol. The standard InChI is InChI=1S/C34H65N3O5S/c1-23(2)31(42-43(39,40)41)12-9-24(3)27-10-11-28-32-29(14-16-34(27,28)5)33(4)15-13-26(21-25(33)22-30(32)38)37-20-8-19-36-18-7-6-17-35/h23-32,36-38H,6-22,35H2,1-5H3,(H,39,40,41)/t24-,25+,26-,27-,28?,29+,30-,31+,32-,33-,34-/m1/s1. The highest BCUT2D eigenvalue weighted by Crippen LogP contribution is 2.68. The number of unbranched alkanes of at least 4 members (excludes halogenated alkanes) is 1. The smallest absolute Gasteiger partial charge is 0.393 e. The largest absolute Gasteiger partial charge is 0.397 e. The molecule has 0 aromatic heterocycles. The van der Waals surface area contributed by atoms with E-state index in [4.69, 9.17) is 9.92 Å². The first-order chi connectivity index (χ1) is 20.3. The minimum atomic E-state index is -4.45. The molecule has 0 saturated heterocycles. The Hall–Kier alpha value is -0.290. The predicted molar refractivity (Wildman–Crippen MR) is 174 cm³/mol. The second kappa shape index (κ2) is 15.1. The summed E-state index contributed by atoms with van der Waals surface area (Å²) in [5.74, 6) is 3.21. The van der Waals surface area contributed by atoms with Crippen LogP contribution in [0.5, 0.6) is 0 Å². The van der Waals surface area contributed by atoms with Gasteiger partial charge in [0.05, 0.1) is 12.2 Å². The molecule has 4 rings (SSSR count). The molecular weight excluding hydrogens is 562 g/mol. The van der Waals surface area contributed by atoms with Crippen LogP contribution in [-0.2, 0) is 14.6 Å². The Balaban J connectivity index is 1.32. The zero-order valence-electron chi connectivity index (χ0n) is 27.9. The van der Waals surface area contributed by atoms with Crippen LogP contribution in [0.25, 0.3) is 0 Å². The van der Waals surface area contributed by atoms with Crippen molar-refractivity contribution in [1.82, 2.24) is 10.6 Å². The summed E-state index contributed by atoms with van der Waals surface area (Å²) in [6.07, 6.45) is 13.7. The molecule has 6 N–H and O–H groups in total. The number of hydrogen-bond donors (Lipinski definition) is 5. The van der Waals surface area contributed by atoms with E-state index >= 15 is 0 Å². The first-order valence-corrected chi connectivity index (χ1v) is 19.1. The van der Waals surface area contributed by atoms with E-state index < -0.39 is 16.5 Å². The number of nitrogens with two attached hydrogens (primary N) is 1. The molecule has 0 spiro atoms. The fraction of sp³-hybridized carbons (Fsp3) is 1.00. The summed E-state index contributed by atoms with van der Waals surface area (Å²) in [4.78, 5) is 0. The summed E-state index contributed by atoms with van der Waals surface area (Å²) >= 11 is 0. The van der Waals surface area contributed by atoms with E-state index in [9.17, 15) is 18.1 Å². The molecule has 4 aliphatic rings. The van der Waals surface area contributed by atoms with Crippen molar-refractivity contribution in [3.05, 3.63) is 0 Å². The van der Waals surface area contributed by atoms with Gasteiger partial charge in [-0.2, -0.15) is 8.42 Å². The molecule has 0 aliphatic heterocycles. The first-order valence-electron chi connectivity index (χ1n) is 17.8. The topological polar surface area (TPSA) is 134 Å². The Morgan fingerprint density at radius 3 is 2.30 bits per heavy atom. The van der Waals surface area contributed by atoms with Gasteiger partial charge >= 0.3 is 10.4 Å². The van der Waals surface area contributed by atoms with Crippen molar-refractivity contribution in [1.29, 1.82) is 0 Å². The van der Waals surface area contributed by atoms with Crippen LogP contribution in [0.4, 0.5) is 0 Å². The zero-order valence-corrected chi connectivity index (χ0v) is 28.7. The maximum Gasteiger partial charge on any atom is 0.397 e. The summed E-state index contributed by atoms with van der Waals surface area (Å²) < 4.78 is 37.1. The third-order valence-corrected chi connectivity index (χ3v) is 13.6. The molecule has 0 radical (unpaired) electrons. The van der Waals surface area contributed by atoms with E-state index in [0.29, 0.717) is 53.4 Å². The third kappa shape index (κ3) is 8.36. The molecule has 8 nitrogen and oxygen atoms in total. The van der Waals surface area contributed by atoms with Crippen LogP contribution in [0.3, 0.4) is 0 Å². The maximum absolute atomic E-state index is 11.8. The molecule has 0 amide bonds. The molecule has 4 saturated carbocycles. The number of hydrogen-bond acceptors (Lipinski definition) is 7. The number of aliphatic hydroxyl groups excluding tert-OH is 1. The molecule has 9 heteroatoms. The van der Waals surface area contributed by atoms with Crippen molar-refractivity contribution in [3.8, 4) is 0 Å². The summed E-state index contributed by atoms with van der Waals surface area (Å²) in [5, 5.41) is 19.2. The number of rotatable bonds is 16. The van der Waals surface area contributed by atoms with Gasteiger partial charge in [-0.15, -0.1) is 0 Å². The zero-order chi connectivity index (χ0) is 31.4. The SMILES string of the molecule is CC(C)[C@H](CC[C@@H](C)[C@H]1CCC2[C@H]3[C@H](O)C[C@@H]4C[C@H](NCCCNCCCCN)CC[C@@]4(C)[C@H]3CC[C@@]21C)OS(=O)(=O)O. The van der Waals surface area contributed by atoms with Gasteiger partial charge in [-0.25, -0.2) is 4.18 Å². The highest BCUT2D eigenvalue weighted by molar-refractivity contribution is 7.80. The Labute approximate surface area is 263 Å². The number of fused-ring (bicyclic) bond motifs is 5. The van der Waals surface area contributed by atoms with Crippen LogP contribution in [0.15, 0.2) is 0 Å². The molecule has 252 valence electrons. The van der Waals surface area contributed by atoms with Crippen LogP contribution in [0.2, 0.25) is 0 Å². The first kappa shape index (κ1) is 35.6. The third-order valence-electron chi connectivity index (χ3n) is 13.1. The minimum Gasteiger partial charge on any atom is -0.393 e. The molecule has 1 unspecified atom stereocenters. The minimum absolute atomic E-state index is 0.0152. The van der Waals surface area contributed by atoms with Crippen molar-refractivity contribution in [2.45, 2.75) is 136 Å². The van der Waals surface area contributed by atoms with Crippen LogP contribution < -0.4 is 16.4 Å². The van der Waals surface area contributed by atoms with Crippen LogP contribution in [0.1, 0.15) is 118 Å². The summed E-state index contributed by atoms with van der Waals surface area (Å²) in [6.45, 7) is 15.3. The molecule has 0 bridgehead atoms. The van der Waals surface area contributed by atoms with E-state index in [0.717, 1.165) is 58.3 Å². The molecule has 4 aliphatic carbocycles. The molecule has 0 aromatic carbocycles. The van der Waals surface area contributed by atoms with Crippen molar-refractivity contribution < 1.29 is 22.3 Å². The van der Waals surface area contributed by atoms with E-state index in [1.54, 1.807) is 0 Å². The van der Waals surface area contributed by atoms with E-state index in [2.05, 4.69) is 31.4 Å². The van der Waals surface area contributed by atoms with Crippen LogP contribution in [-0.4, -0.2) is 62.5 Å². The Kier molecular flexibility index (Phi) is 12.5. The number of nitrogens with one attached hydrogen (secondary N) is 2. The molecule has 0 heterocycles. The second-order valence-electron chi connectivity index (χ2n) is 15.9. The van der Waals surface area contributed by atoms with E-state index in [-0.39, 0.29) is 17.4 Å². The van der Waals surface area contributed by atoms with Gasteiger partial charge in [-0.1, -0.05) is 34.6 Å². The van der Waals surface area contributed by atoms with Crippen molar-refractivity contribution in [2.24, 2.45) is 58.0 Å². The summed E-state index contributed by atoms with van der Waals surface area (Å²) in [6, 6.07) is 0.573. The fourth-order valence-electron chi connectivity index (χ4n) is 10.7. The normalized spacial score (nSPS) is 39.2. The molecular formula is C34H65N3O5S. The van der Waals surface area contributed by atoms with Gasteiger partial charge in [0.15, 0.2) is 0 Å². The monoisotopic (exact) mass is 627 g/mol. The lowest BCUT2D eigenvalue weighted by Crippen LogP contribution is -2.59. The Morgan fingerprint density at radius 1 is 0.907 bits per heavy atom. The fourth-order valence-corrected chi connectivity index (χ4v) is 11.3. The van der Waals surface area contributed by atoms with E-state index in [1.807, 2.05) is 13.8 Å². The molecule has 0 aromatic rings. The molecule has 11 atom stereocenters. The summed E-state index contributed by atoms with van der Waals surface area (Å²) in [7, 11) is -4.45. The van der Waals surface area contributed by atoms with Crippen molar-refractivity contribution in [2.75, 3.05) is 26.2 Å². The highest BCUT2D eigenvalue weighted by atomic mass is 32.3. The molecule has 4 fully saturated rings. The van der Waals surface area contributed by atoms with Gasteiger partial charge in [-0.3, -0.25) is 4.55 Å². The number of aliphatic hydroxyl groups is 1. The molecule has 43 heavy (non-hydrogen) atoms. The van der Waals surface area contributed by atoms with Crippen LogP contribution >= 0.6 is 0 Å². The van der Waals surface area contributed by atoms with Gasteiger partial charge in [0.25, 0.3) is 0 Å². The Morgan fingerprint density at radius 2 is 1.60 bits per heavy atom. The highest BCUT2D eigenvalue weighted by Gasteiger charge is 2.62. The van der Waals surface area contributed by atoms with Crippen molar-refractivity contribution in [3.63, 3.8) is 0 Å². The lowest BCUT2D eigenvalue weighted by atomic mass is 9.43. The maximum atomic E-state index is 11.8. The quantitative estimate of drug-likeness (QED) is 0.111. The lowest BCUT2D eigenvalue weighted by molar-refractivity contribution is -0.167. The van der Waals surface area contributed by atoms with Gasteiger partial charge in [-0.05, 0) is 162 Å². The lowest BCUT2D eigenvalue weighted by Gasteiger charge is -2.62. The van der Waals surface area contributed by atoms with Crippen molar-refractivity contribution >= 4 is 10.4 Å². The van der Waals surface area contributed by atoms with Crippen LogP contribution in [0, 0.1) is 52.3 Å². The van der Waals surface area contributed by atoms with Gasteiger partial charge < -0.3 is 21.5 Å².